The minimum atomic E-state index is 0.0977. The van der Waals surface area contributed by atoms with Crippen molar-refractivity contribution in [2.24, 2.45) is 0 Å². The molecule has 0 saturated carbocycles. The highest BCUT2D eigenvalue weighted by molar-refractivity contribution is 7.09. The Kier molecular flexibility index (Phi) is 6.01. The topological polar surface area (TPSA) is 44.4 Å². The minimum Gasteiger partial charge on any atom is -0.350 e. The predicted molar refractivity (Wildman–Crippen MR) is 99.2 cm³/mol. The Morgan fingerprint density at radius 3 is 2.88 bits per heavy atom. The maximum absolute atomic E-state index is 12.3. The Balaban J connectivity index is 1.60. The van der Waals surface area contributed by atoms with Gasteiger partial charge in [0.25, 0.3) is 0 Å². The molecule has 2 heterocycles. The van der Waals surface area contributed by atoms with Gasteiger partial charge in [0.15, 0.2) is 0 Å². The van der Waals surface area contributed by atoms with E-state index in [0.29, 0.717) is 13.1 Å². The van der Waals surface area contributed by atoms with E-state index in [9.17, 15) is 4.79 Å². The second kappa shape index (κ2) is 8.42. The molecule has 1 aliphatic rings. The first-order valence-electron chi connectivity index (χ1n) is 8.59. The summed E-state index contributed by atoms with van der Waals surface area (Å²) in [6.45, 7) is 5.96. The van der Waals surface area contributed by atoms with Gasteiger partial charge in [-0.2, -0.15) is 0 Å². The van der Waals surface area contributed by atoms with Crippen LogP contribution < -0.4 is 10.6 Å². The van der Waals surface area contributed by atoms with Crippen molar-refractivity contribution < 1.29 is 4.79 Å². The summed E-state index contributed by atoms with van der Waals surface area (Å²) in [4.78, 5) is 15.8. The van der Waals surface area contributed by atoms with Crippen LogP contribution in [0.1, 0.15) is 29.0 Å². The lowest BCUT2D eigenvalue weighted by molar-refractivity contribution is -0.123. The smallest absolute Gasteiger partial charge is 0.234 e. The zero-order chi connectivity index (χ0) is 16.8. The Labute approximate surface area is 147 Å². The molecule has 0 bridgehead atoms. The van der Waals surface area contributed by atoms with Gasteiger partial charge in [0.05, 0.1) is 13.1 Å². The summed E-state index contributed by atoms with van der Waals surface area (Å²) in [6, 6.07) is 13.1. The van der Waals surface area contributed by atoms with Crippen LogP contribution in [0.4, 0.5) is 0 Å². The summed E-state index contributed by atoms with van der Waals surface area (Å²) in [7, 11) is 0. The quantitative estimate of drug-likeness (QED) is 0.847. The number of benzene rings is 1. The molecule has 0 spiro atoms. The molecule has 1 fully saturated rings. The molecule has 1 unspecified atom stereocenters. The first kappa shape index (κ1) is 17.1. The first-order valence-corrected chi connectivity index (χ1v) is 9.47. The Morgan fingerprint density at radius 2 is 2.17 bits per heavy atom. The molecule has 1 aromatic carbocycles. The van der Waals surface area contributed by atoms with Gasteiger partial charge in [-0.3, -0.25) is 9.69 Å². The number of carbonyl (C=O) groups is 1. The maximum Gasteiger partial charge on any atom is 0.234 e. The van der Waals surface area contributed by atoms with E-state index in [-0.39, 0.29) is 11.9 Å². The molecular formula is C19H25N3OS. The van der Waals surface area contributed by atoms with Crippen molar-refractivity contribution in [1.82, 2.24) is 15.5 Å². The SMILES string of the molecule is CCc1ccc(C2CNCCN2CC(=O)NCc2cccs2)cc1. The summed E-state index contributed by atoms with van der Waals surface area (Å²) >= 11 is 1.67. The molecule has 1 saturated heterocycles. The summed E-state index contributed by atoms with van der Waals surface area (Å²) in [5.41, 5.74) is 2.63. The lowest BCUT2D eigenvalue weighted by Gasteiger charge is -2.36. The number of rotatable bonds is 6. The third-order valence-corrected chi connectivity index (χ3v) is 5.39. The summed E-state index contributed by atoms with van der Waals surface area (Å²) in [5, 5.41) is 8.52. The second-order valence-electron chi connectivity index (χ2n) is 6.14. The maximum atomic E-state index is 12.3. The third-order valence-electron chi connectivity index (χ3n) is 4.51. The normalized spacial score (nSPS) is 18.5. The molecule has 0 aliphatic carbocycles. The van der Waals surface area contributed by atoms with E-state index in [1.165, 1.54) is 16.0 Å². The fourth-order valence-corrected chi connectivity index (χ4v) is 3.72. The third kappa shape index (κ3) is 4.44. The summed E-state index contributed by atoms with van der Waals surface area (Å²) in [6.07, 6.45) is 1.05. The fourth-order valence-electron chi connectivity index (χ4n) is 3.08. The number of aryl methyl sites for hydroxylation is 1. The van der Waals surface area contributed by atoms with Gasteiger partial charge in [0.2, 0.25) is 5.91 Å². The lowest BCUT2D eigenvalue weighted by atomic mass is 10.0. The van der Waals surface area contributed by atoms with Gasteiger partial charge < -0.3 is 10.6 Å². The number of piperazine rings is 1. The van der Waals surface area contributed by atoms with E-state index < -0.39 is 0 Å². The van der Waals surface area contributed by atoms with E-state index in [0.717, 1.165) is 26.1 Å². The number of amides is 1. The summed E-state index contributed by atoms with van der Waals surface area (Å²) < 4.78 is 0. The average Bonchev–Trinajstić information content (AvgIpc) is 3.14. The monoisotopic (exact) mass is 343 g/mol. The lowest BCUT2D eigenvalue weighted by Crippen LogP contribution is -2.49. The molecule has 3 rings (SSSR count). The predicted octanol–water partition coefficient (Wildman–Crippen LogP) is 2.57. The molecule has 5 heteroatoms. The molecule has 4 nitrogen and oxygen atoms in total. The van der Waals surface area contributed by atoms with E-state index in [1.807, 2.05) is 17.5 Å². The molecule has 2 N–H and O–H groups in total. The van der Waals surface area contributed by atoms with Gasteiger partial charge in [-0.05, 0) is 29.0 Å². The number of carbonyl (C=O) groups excluding carboxylic acids is 1. The highest BCUT2D eigenvalue weighted by Gasteiger charge is 2.25. The van der Waals surface area contributed by atoms with Crippen LogP contribution in [0.15, 0.2) is 41.8 Å². The molecular weight excluding hydrogens is 318 g/mol. The summed E-state index contributed by atoms with van der Waals surface area (Å²) in [5.74, 6) is 0.0977. The number of hydrogen-bond donors (Lipinski definition) is 2. The van der Waals surface area contributed by atoms with E-state index in [2.05, 4.69) is 46.7 Å². The van der Waals surface area contributed by atoms with Gasteiger partial charge in [0, 0.05) is 30.6 Å². The van der Waals surface area contributed by atoms with Crippen LogP contribution in [-0.2, 0) is 17.8 Å². The molecule has 128 valence electrons. The van der Waals surface area contributed by atoms with Crippen molar-refractivity contribution in [1.29, 1.82) is 0 Å². The van der Waals surface area contributed by atoms with Crippen LogP contribution in [0.5, 0.6) is 0 Å². The molecule has 1 aromatic heterocycles. The van der Waals surface area contributed by atoms with Crippen LogP contribution in [0.3, 0.4) is 0 Å². The standard InChI is InChI=1S/C19H25N3OS/c1-2-15-5-7-16(8-6-15)18-13-20-9-10-22(18)14-19(23)21-12-17-4-3-11-24-17/h3-8,11,18,20H,2,9-10,12-14H2,1H3,(H,21,23). The Hall–Kier alpha value is -1.69. The molecule has 0 radical (unpaired) electrons. The van der Waals surface area contributed by atoms with Crippen molar-refractivity contribution in [2.45, 2.75) is 25.9 Å². The van der Waals surface area contributed by atoms with Crippen LogP contribution in [0.2, 0.25) is 0 Å². The van der Waals surface area contributed by atoms with Crippen LogP contribution in [-0.4, -0.2) is 37.0 Å². The highest BCUT2D eigenvalue weighted by Crippen LogP contribution is 2.22. The minimum absolute atomic E-state index is 0.0977. The molecule has 2 aromatic rings. The molecule has 1 atom stereocenters. The second-order valence-corrected chi connectivity index (χ2v) is 7.17. The van der Waals surface area contributed by atoms with Crippen molar-refractivity contribution >= 4 is 17.2 Å². The van der Waals surface area contributed by atoms with Crippen molar-refractivity contribution in [2.75, 3.05) is 26.2 Å². The zero-order valence-electron chi connectivity index (χ0n) is 14.1. The fraction of sp³-hybridized carbons (Fsp3) is 0.421. The van der Waals surface area contributed by atoms with Crippen LogP contribution >= 0.6 is 11.3 Å². The zero-order valence-corrected chi connectivity index (χ0v) is 14.9. The van der Waals surface area contributed by atoms with E-state index in [4.69, 9.17) is 0 Å². The highest BCUT2D eigenvalue weighted by atomic mass is 32.1. The van der Waals surface area contributed by atoms with Gasteiger partial charge in [-0.1, -0.05) is 37.3 Å². The molecule has 1 aliphatic heterocycles. The van der Waals surface area contributed by atoms with E-state index in [1.54, 1.807) is 11.3 Å². The Bertz CT molecular complexity index is 639. The van der Waals surface area contributed by atoms with Gasteiger partial charge in [0.1, 0.15) is 0 Å². The van der Waals surface area contributed by atoms with Crippen LogP contribution in [0, 0.1) is 0 Å². The number of thiophene rings is 1. The van der Waals surface area contributed by atoms with Crippen molar-refractivity contribution in [3.63, 3.8) is 0 Å². The first-order chi connectivity index (χ1) is 11.8. The Morgan fingerprint density at radius 1 is 1.33 bits per heavy atom. The van der Waals surface area contributed by atoms with Crippen molar-refractivity contribution in [3.8, 4) is 0 Å². The largest absolute Gasteiger partial charge is 0.350 e. The molecule has 1 amide bonds. The van der Waals surface area contributed by atoms with E-state index >= 15 is 0 Å². The van der Waals surface area contributed by atoms with Gasteiger partial charge in [-0.15, -0.1) is 11.3 Å². The van der Waals surface area contributed by atoms with Crippen molar-refractivity contribution in [3.05, 3.63) is 57.8 Å². The van der Waals surface area contributed by atoms with Gasteiger partial charge >= 0.3 is 0 Å². The number of hydrogen-bond acceptors (Lipinski definition) is 4. The average molecular weight is 343 g/mol. The van der Waals surface area contributed by atoms with Crippen LogP contribution in [0.25, 0.3) is 0 Å². The molecule has 24 heavy (non-hydrogen) atoms. The number of nitrogens with zero attached hydrogens (tertiary/aromatic N) is 1. The number of nitrogens with one attached hydrogen (secondary N) is 2. The van der Waals surface area contributed by atoms with Gasteiger partial charge in [-0.25, -0.2) is 0 Å².